The Morgan fingerprint density at radius 1 is 1.11 bits per heavy atom. The van der Waals surface area contributed by atoms with Gasteiger partial charge in [-0.15, -0.1) is 0 Å². The normalized spacial score (nSPS) is 31.3. The lowest BCUT2D eigenvalue weighted by Gasteiger charge is -2.38. The van der Waals surface area contributed by atoms with Crippen molar-refractivity contribution in [3.05, 3.63) is 23.8 Å². The molecule has 6 atom stereocenters. The Morgan fingerprint density at radius 3 is 2.33 bits per heavy atom. The summed E-state index contributed by atoms with van der Waals surface area (Å²) in [5, 5.41) is 48.2. The third kappa shape index (κ3) is 5.40. The number of phosphoric ester groups is 1. The van der Waals surface area contributed by atoms with Gasteiger partial charge in [0.1, 0.15) is 35.9 Å². The molecule has 0 radical (unpaired) electrons. The molecule has 1 aliphatic heterocycles. The quantitative estimate of drug-likeness (QED) is 0.365. The summed E-state index contributed by atoms with van der Waals surface area (Å²) in [6.45, 7) is 4.83. The number of benzene rings is 1. The second-order valence-electron chi connectivity index (χ2n) is 7.32. The Hall–Kier alpha value is -1.23. The van der Waals surface area contributed by atoms with Gasteiger partial charge in [-0.2, -0.15) is 0 Å². The molecule has 6 unspecified atom stereocenters. The first-order valence-corrected chi connectivity index (χ1v) is 9.69. The maximum absolute atomic E-state index is 12.1. The molecule has 1 heterocycles. The number of aromatic hydroxyl groups is 1. The van der Waals surface area contributed by atoms with Crippen molar-refractivity contribution in [1.29, 1.82) is 0 Å². The van der Waals surface area contributed by atoms with Crippen molar-refractivity contribution in [3.8, 4) is 11.5 Å². The maximum Gasteiger partial charge on any atom is 0.527 e. The molecule has 0 aliphatic carbocycles. The van der Waals surface area contributed by atoms with Crippen molar-refractivity contribution in [2.45, 2.75) is 56.9 Å². The number of rotatable bonds is 5. The van der Waals surface area contributed by atoms with E-state index >= 15 is 0 Å². The first-order valence-electron chi connectivity index (χ1n) is 8.20. The number of hydrogen-bond donors (Lipinski definition) is 6. The lowest BCUT2D eigenvalue weighted by molar-refractivity contribution is -0.285. The van der Waals surface area contributed by atoms with E-state index in [-0.39, 0.29) is 11.5 Å². The zero-order valence-corrected chi connectivity index (χ0v) is 16.0. The summed E-state index contributed by atoms with van der Waals surface area (Å²) >= 11 is 0. The van der Waals surface area contributed by atoms with Crippen LogP contribution in [0.2, 0.25) is 0 Å². The minimum Gasteiger partial charge on any atom is -0.508 e. The molecule has 1 aromatic rings. The predicted octanol–water partition coefficient (Wildman–Crippen LogP) is -0.0146. The molecule has 0 aromatic heterocycles. The molecule has 10 nitrogen and oxygen atoms in total. The molecule has 1 aromatic carbocycles. The van der Waals surface area contributed by atoms with Crippen molar-refractivity contribution in [2.75, 3.05) is 6.61 Å². The summed E-state index contributed by atoms with van der Waals surface area (Å²) in [5.41, 5.74) is 0.0444. The molecule has 2 rings (SSSR count). The van der Waals surface area contributed by atoms with E-state index < -0.39 is 50.6 Å². The maximum atomic E-state index is 12.1. The topological polar surface area (TPSA) is 166 Å². The zero-order chi connectivity index (χ0) is 20.6. The molecule has 154 valence electrons. The summed E-state index contributed by atoms with van der Waals surface area (Å²) in [4.78, 5) is 9.87. The number of phosphoric acid groups is 1. The van der Waals surface area contributed by atoms with Crippen molar-refractivity contribution in [2.24, 2.45) is 0 Å². The summed E-state index contributed by atoms with van der Waals surface area (Å²) in [6, 6.07) is 4.00. The molecule has 0 amide bonds. The standard InChI is InChI=1S/C16H25O10P/c1-16(2,3)9-6-8(4-5-10(9)17)26-27(22,23)24-7-11-12(18)13(19)14(20)15(21)25-11/h4-6,11-15,17-21H,7H2,1-3H3,(H,22,23). The number of aliphatic hydroxyl groups excluding tert-OH is 4. The first-order chi connectivity index (χ1) is 12.3. The first kappa shape index (κ1) is 22.1. The predicted molar refractivity (Wildman–Crippen MR) is 92.1 cm³/mol. The van der Waals surface area contributed by atoms with Crippen LogP contribution in [-0.4, -0.2) is 67.7 Å². The lowest BCUT2D eigenvalue weighted by Crippen LogP contribution is -2.58. The van der Waals surface area contributed by atoms with Gasteiger partial charge in [-0.1, -0.05) is 20.8 Å². The van der Waals surface area contributed by atoms with Gasteiger partial charge in [0.2, 0.25) is 0 Å². The van der Waals surface area contributed by atoms with Crippen molar-refractivity contribution in [1.82, 2.24) is 0 Å². The fourth-order valence-electron chi connectivity index (χ4n) is 2.57. The van der Waals surface area contributed by atoms with Gasteiger partial charge in [0.15, 0.2) is 6.29 Å². The molecule has 0 bridgehead atoms. The minimum atomic E-state index is -4.65. The van der Waals surface area contributed by atoms with Gasteiger partial charge in [0.25, 0.3) is 0 Å². The molecule has 6 N–H and O–H groups in total. The second-order valence-corrected chi connectivity index (χ2v) is 8.70. The van der Waals surface area contributed by atoms with Gasteiger partial charge in [0, 0.05) is 5.56 Å². The average Bonchev–Trinajstić information content (AvgIpc) is 2.55. The van der Waals surface area contributed by atoms with Crippen LogP contribution in [-0.2, 0) is 19.2 Å². The van der Waals surface area contributed by atoms with Crippen LogP contribution in [0.1, 0.15) is 26.3 Å². The molecular formula is C16H25O10P. The summed E-state index contributed by atoms with van der Waals surface area (Å²) in [5.74, 6) is -0.0204. The van der Waals surface area contributed by atoms with E-state index in [0.717, 1.165) is 0 Å². The smallest absolute Gasteiger partial charge is 0.508 e. The van der Waals surface area contributed by atoms with E-state index in [2.05, 4.69) is 0 Å². The summed E-state index contributed by atoms with van der Waals surface area (Å²) in [6.07, 6.45) is -8.24. The molecule has 1 fully saturated rings. The highest BCUT2D eigenvalue weighted by molar-refractivity contribution is 7.47. The van der Waals surface area contributed by atoms with Crippen LogP contribution in [0.5, 0.6) is 11.5 Å². The molecule has 1 aliphatic rings. The van der Waals surface area contributed by atoms with Gasteiger partial charge < -0.3 is 34.8 Å². The highest BCUT2D eigenvalue weighted by Gasteiger charge is 2.44. The SMILES string of the molecule is CC(C)(C)c1cc(OP(=O)(O)OCC2OC(O)C(O)C(O)C2O)ccc1O. The average molecular weight is 408 g/mol. The Morgan fingerprint density at radius 2 is 1.74 bits per heavy atom. The number of phenolic OH excluding ortho intramolecular Hbond substituents is 1. The number of phenols is 1. The Balaban J connectivity index is 2.04. The van der Waals surface area contributed by atoms with Gasteiger partial charge in [-0.3, -0.25) is 9.42 Å². The van der Waals surface area contributed by atoms with Crippen LogP contribution in [0, 0.1) is 0 Å². The van der Waals surface area contributed by atoms with E-state index in [0.29, 0.717) is 5.56 Å². The van der Waals surface area contributed by atoms with Gasteiger partial charge in [0.05, 0.1) is 6.61 Å². The monoisotopic (exact) mass is 408 g/mol. The third-order valence-electron chi connectivity index (χ3n) is 4.09. The zero-order valence-electron chi connectivity index (χ0n) is 15.1. The van der Waals surface area contributed by atoms with Crippen LogP contribution in [0.4, 0.5) is 0 Å². The van der Waals surface area contributed by atoms with Crippen molar-refractivity contribution < 1.29 is 48.8 Å². The molecule has 27 heavy (non-hydrogen) atoms. The number of ether oxygens (including phenoxy) is 1. The van der Waals surface area contributed by atoms with Crippen molar-refractivity contribution in [3.63, 3.8) is 0 Å². The van der Waals surface area contributed by atoms with Crippen molar-refractivity contribution >= 4 is 7.82 Å². The van der Waals surface area contributed by atoms with Crippen LogP contribution in [0.15, 0.2) is 18.2 Å². The number of aliphatic hydroxyl groups is 4. The highest BCUT2D eigenvalue weighted by atomic mass is 31.2. The Bertz CT molecular complexity index is 703. The minimum absolute atomic E-state index is 0.00352. The summed E-state index contributed by atoms with van der Waals surface area (Å²) < 4.78 is 26.7. The van der Waals surface area contributed by atoms with Crippen LogP contribution in [0.25, 0.3) is 0 Å². The van der Waals surface area contributed by atoms with Crippen LogP contribution in [0.3, 0.4) is 0 Å². The Kier molecular flexibility index (Phi) is 6.55. The second kappa shape index (κ2) is 8.02. The van der Waals surface area contributed by atoms with Gasteiger partial charge >= 0.3 is 7.82 Å². The highest BCUT2D eigenvalue weighted by Crippen LogP contribution is 2.46. The molecule has 0 spiro atoms. The van der Waals surface area contributed by atoms with E-state index in [1.54, 1.807) is 0 Å². The van der Waals surface area contributed by atoms with Crippen LogP contribution < -0.4 is 4.52 Å². The van der Waals surface area contributed by atoms with E-state index in [9.17, 15) is 35.0 Å². The lowest BCUT2D eigenvalue weighted by atomic mass is 9.86. The molecule has 11 heteroatoms. The third-order valence-corrected chi connectivity index (χ3v) is 5.00. The van der Waals surface area contributed by atoms with Crippen LogP contribution >= 0.6 is 7.82 Å². The van der Waals surface area contributed by atoms with E-state index in [4.69, 9.17) is 13.8 Å². The molecule has 1 saturated heterocycles. The van der Waals surface area contributed by atoms with Gasteiger partial charge in [-0.05, 0) is 23.6 Å². The molecular weight excluding hydrogens is 383 g/mol. The molecule has 0 saturated carbocycles. The van der Waals surface area contributed by atoms with Gasteiger partial charge in [-0.25, -0.2) is 4.57 Å². The largest absolute Gasteiger partial charge is 0.527 e. The fraction of sp³-hybridized carbons (Fsp3) is 0.625. The Labute approximate surface area is 156 Å². The fourth-order valence-corrected chi connectivity index (χ4v) is 3.34. The van der Waals surface area contributed by atoms with E-state index in [1.165, 1.54) is 18.2 Å². The summed E-state index contributed by atoms with van der Waals surface area (Å²) in [7, 11) is -4.65. The number of hydrogen-bond acceptors (Lipinski definition) is 9. The van der Waals surface area contributed by atoms with E-state index in [1.807, 2.05) is 20.8 Å².